The van der Waals surface area contributed by atoms with Crippen LogP contribution in [0.15, 0.2) is 12.1 Å². The van der Waals surface area contributed by atoms with E-state index in [4.69, 9.17) is 11.2 Å². The van der Waals surface area contributed by atoms with E-state index >= 15 is 0 Å². The zero-order chi connectivity index (χ0) is 10.7. The van der Waals surface area contributed by atoms with E-state index in [2.05, 4.69) is 18.1 Å². The minimum absolute atomic E-state index is 0.165. The Morgan fingerprint density at radius 2 is 1.79 bits per heavy atom. The Labute approximate surface area is 86.1 Å². The fraction of sp³-hybridized carbons (Fsp3) is 0.385. The lowest BCUT2D eigenvalue weighted by atomic mass is 9.97. The highest BCUT2D eigenvalue weighted by atomic mass is 16.5. The maximum atomic E-state index is 5.39. The van der Waals surface area contributed by atoms with Crippen molar-refractivity contribution in [3.05, 3.63) is 28.8 Å². The second-order valence-corrected chi connectivity index (χ2v) is 3.58. The van der Waals surface area contributed by atoms with Crippen molar-refractivity contribution >= 4 is 0 Å². The molecule has 0 N–H and O–H groups in total. The summed E-state index contributed by atoms with van der Waals surface area (Å²) in [6.45, 7) is 6.11. The van der Waals surface area contributed by atoms with Crippen molar-refractivity contribution in [2.45, 2.75) is 26.7 Å². The summed E-state index contributed by atoms with van der Waals surface area (Å²) >= 11 is 0. The summed E-state index contributed by atoms with van der Waals surface area (Å²) in [6.07, 6.45) is 5.39. The topological polar surface area (TPSA) is 9.23 Å². The SMILES string of the molecule is C#CC(C)c1cc(C)c(OC)c(C)c1. The van der Waals surface area contributed by atoms with E-state index in [0.717, 1.165) is 16.9 Å². The first-order valence-electron chi connectivity index (χ1n) is 4.71. The molecule has 0 aromatic heterocycles. The van der Waals surface area contributed by atoms with Crippen LogP contribution in [0.1, 0.15) is 29.5 Å². The fourth-order valence-electron chi connectivity index (χ4n) is 1.65. The lowest BCUT2D eigenvalue weighted by molar-refractivity contribution is 0.408. The van der Waals surface area contributed by atoms with E-state index in [0.29, 0.717) is 0 Å². The average Bonchev–Trinajstić information content (AvgIpc) is 2.16. The molecular formula is C13H16O. The molecule has 1 aromatic rings. The number of terminal acetylenes is 1. The Bertz CT molecular complexity index is 348. The molecule has 0 fully saturated rings. The van der Waals surface area contributed by atoms with Gasteiger partial charge in [0.2, 0.25) is 0 Å². The summed E-state index contributed by atoms with van der Waals surface area (Å²) in [6, 6.07) is 4.19. The molecular weight excluding hydrogens is 172 g/mol. The largest absolute Gasteiger partial charge is 0.496 e. The first kappa shape index (κ1) is 10.7. The molecule has 1 atom stereocenters. The monoisotopic (exact) mass is 188 g/mol. The number of benzene rings is 1. The van der Waals surface area contributed by atoms with Crippen LogP contribution in [0, 0.1) is 26.2 Å². The van der Waals surface area contributed by atoms with Gasteiger partial charge in [-0.1, -0.05) is 18.1 Å². The van der Waals surface area contributed by atoms with Gasteiger partial charge in [0.05, 0.1) is 7.11 Å². The maximum absolute atomic E-state index is 5.39. The lowest BCUT2D eigenvalue weighted by Crippen LogP contribution is -1.96. The van der Waals surface area contributed by atoms with Crippen LogP contribution >= 0.6 is 0 Å². The van der Waals surface area contributed by atoms with E-state index < -0.39 is 0 Å². The molecule has 14 heavy (non-hydrogen) atoms. The molecule has 0 aliphatic rings. The van der Waals surface area contributed by atoms with Crippen molar-refractivity contribution in [2.24, 2.45) is 0 Å². The van der Waals surface area contributed by atoms with Crippen LogP contribution in [0.3, 0.4) is 0 Å². The van der Waals surface area contributed by atoms with Gasteiger partial charge in [0.25, 0.3) is 0 Å². The molecule has 0 aliphatic heterocycles. The predicted octanol–water partition coefficient (Wildman–Crippen LogP) is 3.05. The van der Waals surface area contributed by atoms with Gasteiger partial charge >= 0.3 is 0 Å². The molecule has 74 valence electrons. The van der Waals surface area contributed by atoms with Gasteiger partial charge in [-0.05, 0) is 37.5 Å². The summed E-state index contributed by atoms with van der Waals surface area (Å²) in [5.41, 5.74) is 3.47. The molecule has 1 rings (SSSR count). The van der Waals surface area contributed by atoms with Gasteiger partial charge in [-0.3, -0.25) is 0 Å². The summed E-state index contributed by atoms with van der Waals surface area (Å²) in [4.78, 5) is 0. The lowest BCUT2D eigenvalue weighted by Gasteiger charge is -2.12. The number of methoxy groups -OCH3 is 1. The van der Waals surface area contributed by atoms with E-state index in [1.54, 1.807) is 7.11 Å². The number of ether oxygens (including phenoxy) is 1. The number of rotatable bonds is 2. The third-order valence-corrected chi connectivity index (χ3v) is 2.44. The number of aryl methyl sites for hydroxylation is 2. The van der Waals surface area contributed by atoms with Crippen LogP contribution in [0.4, 0.5) is 0 Å². The molecule has 0 bridgehead atoms. The Morgan fingerprint density at radius 1 is 1.29 bits per heavy atom. The zero-order valence-electron chi connectivity index (χ0n) is 9.22. The average molecular weight is 188 g/mol. The van der Waals surface area contributed by atoms with Gasteiger partial charge in [-0.15, -0.1) is 6.42 Å². The molecule has 1 unspecified atom stereocenters. The number of hydrogen-bond donors (Lipinski definition) is 0. The van der Waals surface area contributed by atoms with Crippen LogP contribution in [0.25, 0.3) is 0 Å². The molecule has 0 radical (unpaired) electrons. The Hall–Kier alpha value is -1.42. The van der Waals surface area contributed by atoms with E-state index in [1.807, 2.05) is 20.8 Å². The fourth-order valence-corrected chi connectivity index (χ4v) is 1.65. The Kier molecular flexibility index (Phi) is 3.19. The van der Waals surface area contributed by atoms with Crippen molar-refractivity contribution in [2.75, 3.05) is 7.11 Å². The van der Waals surface area contributed by atoms with Gasteiger partial charge < -0.3 is 4.74 Å². The highest BCUT2D eigenvalue weighted by Crippen LogP contribution is 2.27. The van der Waals surface area contributed by atoms with Crippen LogP contribution in [0.2, 0.25) is 0 Å². The third kappa shape index (κ3) is 1.90. The van der Waals surface area contributed by atoms with Gasteiger partial charge in [0, 0.05) is 5.92 Å². The quantitative estimate of drug-likeness (QED) is 0.648. The molecule has 0 amide bonds. The molecule has 1 aromatic carbocycles. The molecule has 0 heterocycles. The molecule has 0 spiro atoms. The predicted molar refractivity (Wildman–Crippen MR) is 59.7 cm³/mol. The molecule has 1 heteroatoms. The Balaban J connectivity index is 3.22. The molecule has 0 aliphatic carbocycles. The first-order chi connectivity index (χ1) is 6.60. The van der Waals surface area contributed by atoms with Crippen LogP contribution in [-0.4, -0.2) is 7.11 Å². The normalized spacial score (nSPS) is 11.9. The van der Waals surface area contributed by atoms with Crippen molar-refractivity contribution in [3.63, 3.8) is 0 Å². The third-order valence-electron chi connectivity index (χ3n) is 2.44. The first-order valence-corrected chi connectivity index (χ1v) is 4.71. The van der Waals surface area contributed by atoms with Gasteiger partial charge in [-0.2, -0.15) is 0 Å². The van der Waals surface area contributed by atoms with Crippen molar-refractivity contribution in [1.82, 2.24) is 0 Å². The van der Waals surface area contributed by atoms with Crippen molar-refractivity contribution in [3.8, 4) is 18.1 Å². The van der Waals surface area contributed by atoms with Crippen LogP contribution in [0.5, 0.6) is 5.75 Å². The van der Waals surface area contributed by atoms with Gasteiger partial charge in [0.1, 0.15) is 5.75 Å². The maximum Gasteiger partial charge on any atom is 0.124 e. The standard InChI is InChI=1S/C13H16O/c1-6-9(2)12-7-10(3)13(14-5)11(4)8-12/h1,7-9H,2-5H3. The molecule has 1 nitrogen and oxygen atoms in total. The highest BCUT2D eigenvalue weighted by molar-refractivity contribution is 5.45. The van der Waals surface area contributed by atoms with Crippen LogP contribution in [-0.2, 0) is 0 Å². The minimum atomic E-state index is 0.165. The van der Waals surface area contributed by atoms with Crippen LogP contribution < -0.4 is 4.74 Å². The number of hydrogen-bond acceptors (Lipinski definition) is 1. The Morgan fingerprint density at radius 3 is 2.14 bits per heavy atom. The van der Waals surface area contributed by atoms with E-state index in [-0.39, 0.29) is 5.92 Å². The van der Waals surface area contributed by atoms with E-state index in [9.17, 15) is 0 Å². The van der Waals surface area contributed by atoms with E-state index in [1.165, 1.54) is 5.56 Å². The highest BCUT2D eigenvalue weighted by Gasteiger charge is 2.08. The summed E-state index contributed by atoms with van der Waals surface area (Å²) < 4.78 is 5.29. The van der Waals surface area contributed by atoms with Crippen molar-refractivity contribution in [1.29, 1.82) is 0 Å². The second-order valence-electron chi connectivity index (χ2n) is 3.58. The second kappa shape index (κ2) is 4.19. The smallest absolute Gasteiger partial charge is 0.124 e. The summed E-state index contributed by atoms with van der Waals surface area (Å²) in [5, 5.41) is 0. The van der Waals surface area contributed by atoms with Gasteiger partial charge in [0.15, 0.2) is 0 Å². The van der Waals surface area contributed by atoms with Gasteiger partial charge in [-0.25, -0.2) is 0 Å². The molecule has 0 saturated carbocycles. The zero-order valence-corrected chi connectivity index (χ0v) is 9.22. The summed E-state index contributed by atoms with van der Waals surface area (Å²) in [5.74, 6) is 3.85. The summed E-state index contributed by atoms with van der Waals surface area (Å²) in [7, 11) is 1.69. The minimum Gasteiger partial charge on any atom is -0.496 e. The molecule has 0 saturated heterocycles. The van der Waals surface area contributed by atoms with Crippen molar-refractivity contribution < 1.29 is 4.74 Å².